The quantitative estimate of drug-likeness (QED) is 0.528. The molecule has 0 amide bonds. The van der Waals surface area contributed by atoms with Gasteiger partial charge in [-0.1, -0.05) is 31.2 Å². The SMILES string of the molecule is CCNC(=NCc1ccc(CN(C)C)cc1)NCCn1cnnc1CC. The largest absolute Gasteiger partial charge is 0.357 e. The summed E-state index contributed by atoms with van der Waals surface area (Å²) in [5, 5.41) is 14.7. The van der Waals surface area contributed by atoms with Crippen LogP contribution in [0.25, 0.3) is 0 Å². The molecule has 0 aliphatic rings. The Kier molecular flexibility index (Phi) is 8.08. The van der Waals surface area contributed by atoms with Crippen LogP contribution in [0.5, 0.6) is 0 Å². The Balaban J connectivity index is 1.87. The molecule has 0 radical (unpaired) electrons. The predicted molar refractivity (Wildman–Crippen MR) is 106 cm³/mol. The second kappa shape index (κ2) is 10.6. The van der Waals surface area contributed by atoms with Crippen molar-refractivity contribution >= 4 is 5.96 Å². The molecule has 7 nitrogen and oxygen atoms in total. The summed E-state index contributed by atoms with van der Waals surface area (Å²) in [7, 11) is 4.16. The highest BCUT2D eigenvalue weighted by Crippen LogP contribution is 2.07. The second-order valence-corrected chi connectivity index (χ2v) is 6.47. The number of hydrogen-bond acceptors (Lipinski definition) is 4. The predicted octanol–water partition coefficient (Wildman–Crippen LogP) is 1.66. The van der Waals surface area contributed by atoms with Gasteiger partial charge in [-0.25, -0.2) is 4.99 Å². The first-order valence-corrected chi connectivity index (χ1v) is 9.23. The van der Waals surface area contributed by atoms with Crippen LogP contribution in [0.1, 0.15) is 30.8 Å². The van der Waals surface area contributed by atoms with Crippen molar-refractivity contribution in [2.45, 2.75) is 39.9 Å². The Morgan fingerprint density at radius 3 is 2.50 bits per heavy atom. The summed E-state index contributed by atoms with van der Waals surface area (Å²) in [5.41, 5.74) is 2.52. The smallest absolute Gasteiger partial charge is 0.191 e. The van der Waals surface area contributed by atoms with Crippen molar-refractivity contribution in [3.8, 4) is 0 Å². The molecule has 7 heteroatoms. The Morgan fingerprint density at radius 1 is 1.12 bits per heavy atom. The van der Waals surface area contributed by atoms with Crippen molar-refractivity contribution in [1.82, 2.24) is 30.3 Å². The first-order valence-electron chi connectivity index (χ1n) is 9.23. The first kappa shape index (κ1) is 19.9. The zero-order chi connectivity index (χ0) is 18.8. The molecule has 1 heterocycles. The van der Waals surface area contributed by atoms with Crippen LogP contribution < -0.4 is 10.6 Å². The molecule has 2 aromatic rings. The highest BCUT2D eigenvalue weighted by molar-refractivity contribution is 5.79. The molecule has 0 saturated heterocycles. The maximum Gasteiger partial charge on any atom is 0.191 e. The molecule has 0 atom stereocenters. The normalized spacial score (nSPS) is 11.8. The van der Waals surface area contributed by atoms with Gasteiger partial charge < -0.3 is 20.1 Å². The lowest BCUT2D eigenvalue weighted by Crippen LogP contribution is -2.38. The van der Waals surface area contributed by atoms with Gasteiger partial charge in [0.15, 0.2) is 5.96 Å². The number of rotatable bonds is 9. The summed E-state index contributed by atoms with van der Waals surface area (Å²) in [5.74, 6) is 1.84. The van der Waals surface area contributed by atoms with Crippen LogP contribution in [0.15, 0.2) is 35.6 Å². The van der Waals surface area contributed by atoms with Crippen LogP contribution in [0.3, 0.4) is 0 Å². The monoisotopic (exact) mass is 357 g/mol. The number of aromatic nitrogens is 3. The summed E-state index contributed by atoms with van der Waals surface area (Å²) in [6.45, 7) is 8.20. The van der Waals surface area contributed by atoms with Crippen molar-refractivity contribution in [3.05, 3.63) is 47.5 Å². The maximum atomic E-state index is 4.68. The van der Waals surface area contributed by atoms with E-state index in [1.54, 1.807) is 6.33 Å². The van der Waals surface area contributed by atoms with Crippen molar-refractivity contribution < 1.29 is 0 Å². The summed E-state index contributed by atoms with van der Waals surface area (Å²) >= 11 is 0. The third-order valence-electron chi connectivity index (χ3n) is 3.94. The standard InChI is InChI=1S/C19H31N7/c1-5-18-24-23-15-26(18)12-11-21-19(20-6-2)22-13-16-7-9-17(10-8-16)14-25(3)4/h7-10,15H,5-6,11-14H2,1-4H3,(H2,20,21,22). The van der Waals surface area contributed by atoms with Gasteiger partial charge in [0.1, 0.15) is 12.2 Å². The van der Waals surface area contributed by atoms with Crippen LogP contribution in [-0.4, -0.2) is 52.8 Å². The molecule has 0 spiro atoms. The highest BCUT2D eigenvalue weighted by atomic mass is 15.3. The van der Waals surface area contributed by atoms with Gasteiger partial charge in [-0.3, -0.25) is 0 Å². The summed E-state index contributed by atoms with van der Waals surface area (Å²) in [4.78, 5) is 6.85. The number of hydrogen-bond donors (Lipinski definition) is 2. The van der Waals surface area contributed by atoms with Gasteiger partial charge in [0.25, 0.3) is 0 Å². The molecule has 0 fully saturated rings. The fraction of sp³-hybridized carbons (Fsp3) is 0.526. The fourth-order valence-electron chi connectivity index (χ4n) is 2.66. The molecule has 0 aliphatic heterocycles. The lowest BCUT2D eigenvalue weighted by molar-refractivity contribution is 0.402. The fourth-order valence-corrected chi connectivity index (χ4v) is 2.66. The van der Waals surface area contributed by atoms with Crippen molar-refractivity contribution in [2.75, 3.05) is 27.2 Å². The van der Waals surface area contributed by atoms with E-state index in [4.69, 9.17) is 0 Å². The molecule has 0 bridgehead atoms. The van der Waals surface area contributed by atoms with E-state index in [0.29, 0.717) is 6.54 Å². The van der Waals surface area contributed by atoms with Gasteiger partial charge in [0, 0.05) is 32.6 Å². The third kappa shape index (κ3) is 6.48. The Bertz CT molecular complexity index is 673. The molecule has 142 valence electrons. The number of nitrogens with one attached hydrogen (secondary N) is 2. The average molecular weight is 358 g/mol. The van der Waals surface area contributed by atoms with Crippen molar-refractivity contribution in [2.24, 2.45) is 4.99 Å². The first-order chi connectivity index (χ1) is 12.6. The van der Waals surface area contributed by atoms with Crippen molar-refractivity contribution in [3.63, 3.8) is 0 Å². The molecular weight excluding hydrogens is 326 g/mol. The van der Waals surface area contributed by atoms with Crippen LogP contribution in [-0.2, 0) is 26.1 Å². The van der Waals surface area contributed by atoms with E-state index in [1.807, 2.05) is 0 Å². The van der Waals surface area contributed by atoms with Crippen LogP contribution in [0, 0.1) is 0 Å². The van der Waals surface area contributed by atoms with E-state index in [2.05, 4.69) is 87.5 Å². The Hall–Kier alpha value is -2.41. The van der Waals surface area contributed by atoms with E-state index in [0.717, 1.165) is 44.4 Å². The van der Waals surface area contributed by atoms with E-state index < -0.39 is 0 Å². The molecule has 0 unspecified atom stereocenters. The minimum absolute atomic E-state index is 0.657. The molecule has 0 saturated carbocycles. The number of guanidine groups is 1. The molecule has 0 aliphatic carbocycles. The van der Waals surface area contributed by atoms with Gasteiger partial charge in [0.2, 0.25) is 0 Å². The topological polar surface area (TPSA) is 70.4 Å². The number of nitrogens with zero attached hydrogens (tertiary/aromatic N) is 5. The lowest BCUT2D eigenvalue weighted by atomic mass is 10.1. The maximum absolute atomic E-state index is 4.68. The number of benzene rings is 1. The van der Waals surface area contributed by atoms with Gasteiger partial charge in [-0.15, -0.1) is 10.2 Å². The van der Waals surface area contributed by atoms with Gasteiger partial charge in [-0.05, 0) is 32.1 Å². The minimum atomic E-state index is 0.657. The van der Waals surface area contributed by atoms with E-state index in [9.17, 15) is 0 Å². The molecule has 1 aromatic heterocycles. The lowest BCUT2D eigenvalue weighted by Gasteiger charge is -2.12. The zero-order valence-corrected chi connectivity index (χ0v) is 16.4. The Labute approximate surface area is 156 Å². The van der Waals surface area contributed by atoms with Gasteiger partial charge in [-0.2, -0.15) is 0 Å². The van der Waals surface area contributed by atoms with Crippen LogP contribution >= 0.6 is 0 Å². The molecule has 1 aromatic carbocycles. The van der Waals surface area contributed by atoms with Gasteiger partial charge >= 0.3 is 0 Å². The number of aryl methyl sites for hydroxylation is 1. The summed E-state index contributed by atoms with van der Waals surface area (Å²) < 4.78 is 2.07. The van der Waals surface area contributed by atoms with Crippen LogP contribution in [0.4, 0.5) is 0 Å². The van der Waals surface area contributed by atoms with Crippen molar-refractivity contribution in [1.29, 1.82) is 0 Å². The van der Waals surface area contributed by atoms with E-state index in [1.165, 1.54) is 11.1 Å². The highest BCUT2D eigenvalue weighted by Gasteiger charge is 2.02. The second-order valence-electron chi connectivity index (χ2n) is 6.47. The third-order valence-corrected chi connectivity index (χ3v) is 3.94. The Morgan fingerprint density at radius 2 is 1.85 bits per heavy atom. The summed E-state index contributed by atoms with van der Waals surface area (Å²) in [6, 6.07) is 8.64. The molecular formula is C19H31N7. The number of aliphatic imine (C=N–C) groups is 1. The van der Waals surface area contributed by atoms with E-state index >= 15 is 0 Å². The minimum Gasteiger partial charge on any atom is -0.357 e. The van der Waals surface area contributed by atoms with Crippen LogP contribution in [0.2, 0.25) is 0 Å². The molecule has 26 heavy (non-hydrogen) atoms. The molecule has 2 rings (SSSR count). The molecule has 2 N–H and O–H groups in total. The zero-order valence-electron chi connectivity index (χ0n) is 16.4. The van der Waals surface area contributed by atoms with E-state index in [-0.39, 0.29) is 0 Å². The summed E-state index contributed by atoms with van der Waals surface area (Å²) in [6.07, 6.45) is 2.66. The van der Waals surface area contributed by atoms with Gasteiger partial charge in [0.05, 0.1) is 6.54 Å². The average Bonchev–Trinajstić information content (AvgIpc) is 3.08.